The molecule has 9 heteroatoms. The van der Waals surface area contributed by atoms with Gasteiger partial charge in [0, 0.05) is 12.0 Å². The molecule has 0 N–H and O–H groups in total. The van der Waals surface area contributed by atoms with Crippen LogP contribution >= 0.6 is 0 Å². The maximum Gasteiger partial charge on any atom is 0.230 e. The Balaban J connectivity index is 1.73. The van der Waals surface area contributed by atoms with Gasteiger partial charge in [0.25, 0.3) is 0 Å². The zero-order chi connectivity index (χ0) is 17.7. The zero-order valence-electron chi connectivity index (χ0n) is 13.5. The molecule has 0 fully saturated rings. The van der Waals surface area contributed by atoms with Gasteiger partial charge in [-0.2, -0.15) is 10.1 Å². The lowest BCUT2D eigenvalue weighted by atomic mass is 10.1. The summed E-state index contributed by atoms with van der Waals surface area (Å²) in [5.74, 6) is 1.11. The van der Waals surface area contributed by atoms with Crippen LogP contribution in [0.5, 0.6) is 0 Å². The summed E-state index contributed by atoms with van der Waals surface area (Å²) in [5, 5.41) is 8.27. The Kier molecular flexibility index (Phi) is 3.08. The quantitative estimate of drug-likeness (QED) is 0.465. The van der Waals surface area contributed by atoms with Crippen LogP contribution in [-0.2, 0) is 13.0 Å². The minimum atomic E-state index is -0.339. The Morgan fingerprint density at radius 2 is 2.23 bits per heavy atom. The number of hydrogen-bond acceptors (Lipinski definition) is 6. The van der Waals surface area contributed by atoms with Crippen LogP contribution in [0.4, 0.5) is 4.39 Å². The smallest absolute Gasteiger partial charge is 0.230 e. The second-order valence-corrected chi connectivity index (χ2v) is 5.82. The van der Waals surface area contributed by atoms with Gasteiger partial charge in [0.2, 0.25) is 11.7 Å². The number of hydrogen-bond donors (Lipinski definition) is 0. The summed E-state index contributed by atoms with van der Waals surface area (Å²) < 4.78 is 22.6. The van der Waals surface area contributed by atoms with Crippen molar-refractivity contribution in [2.75, 3.05) is 0 Å². The Morgan fingerprint density at radius 1 is 1.31 bits per heavy atom. The lowest BCUT2D eigenvalue weighted by Crippen LogP contribution is -2.05. The minimum Gasteiger partial charge on any atom is -0.339 e. The third-order valence-electron chi connectivity index (χ3n) is 4.24. The van der Waals surface area contributed by atoms with Gasteiger partial charge in [-0.05, 0) is 18.2 Å². The highest BCUT2D eigenvalue weighted by molar-refractivity contribution is 5.70. The van der Waals surface area contributed by atoms with E-state index in [1.807, 2.05) is 4.57 Å². The second-order valence-electron chi connectivity index (χ2n) is 5.82. The molecule has 0 aliphatic carbocycles. The molecule has 0 radical (unpaired) electrons. The van der Waals surface area contributed by atoms with E-state index >= 15 is 0 Å². The molecule has 0 saturated heterocycles. The van der Waals surface area contributed by atoms with Crippen LogP contribution in [0.3, 0.4) is 0 Å². The Hall–Kier alpha value is -3.62. The number of halogens is 1. The topological polar surface area (TPSA) is 87.5 Å². The second kappa shape index (κ2) is 5.45. The lowest BCUT2D eigenvalue weighted by molar-refractivity contribution is 0.387. The van der Waals surface area contributed by atoms with Crippen LogP contribution in [0.15, 0.2) is 48.0 Å². The molecule has 8 nitrogen and oxygen atoms in total. The van der Waals surface area contributed by atoms with E-state index in [4.69, 9.17) is 4.52 Å². The zero-order valence-corrected chi connectivity index (χ0v) is 13.5. The van der Waals surface area contributed by atoms with E-state index in [1.54, 1.807) is 23.2 Å². The van der Waals surface area contributed by atoms with Crippen molar-refractivity contribution in [3.63, 3.8) is 0 Å². The van der Waals surface area contributed by atoms with Gasteiger partial charge < -0.3 is 4.52 Å². The first-order chi connectivity index (χ1) is 12.7. The number of fused-ring (bicyclic) bond motifs is 5. The molecule has 0 bridgehead atoms. The first-order valence-corrected chi connectivity index (χ1v) is 7.93. The molecule has 0 atom stereocenters. The average Bonchev–Trinajstić information content (AvgIpc) is 3.34. The maximum absolute atomic E-state index is 13.8. The predicted molar refractivity (Wildman–Crippen MR) is 88.8 cm³/mol. The van der Waals surface area contributed by atoms with Crippen LogP contribution in [0.25, 0.3) is 28.6 Å². The molecule has 3 aromatic heterocycles. The number of aromatic nitrogens is 7. The van der Waals surface area contributed by atoms with Crippen molar-refractivity contribution >= 4 is 0 Å². The van der Waals surface area contributed by atoms with Crippen molar-refractivity contribution in [2.45, 2.75) is 13.0 Å². The van der Waals surface area contributed by atoms with Crippen LogP contribution in [0.2, 0.25) is 0 Å². The van der Waals surface area contributed by atoms with Crippen LogP contribution in [0, 0.1) is 5.82 Å². The maximum atomic E-state index is 13.8. The van der Waals surface area contributed by atoms with Crippen molar-refractivity contribution in [3.8, 4) is 28.6 Å². The van der Waals surface area contributed by atoms with Gasteiger partial charge in [0.15, 0.2) is 5.82 Å². The van der Waals surface area contributed by atoms with E-state index in [1.165, 1.54) is 18.5 Å². The van der Waals surface area contributed by atoms with Crippen molar-refractivity contribution in [1.82, 2.24) is 34.5 Å². The van der Waals surface area contributed by atoms with E-state index in [9.17, 15) is 4.39 Å². The van der Waals surface area contributed by atoms with Crippen molar-refractivity contribution in [2.24, 2.45) is 0 Å². The molecule has 0 spiro atoms. The van der Waals surface area contributed by atoms with Gasteiger partial charge in [-0.1, -0.05) is 11.2 Å². The first kappa shape index (κ1) is 14.7. The third kappa shape index (κ3) is 2.10. The summed E-state index contributed by atoms with van der Waals surface area (Å²) in [4.78, 5) is 13.1. The molecule has 5 rings (SSSR count). The monoisotopic (exact) mass is 349 g/mol. The third-order valence-corrected chi connectivity index (χ3v) is 4.24. The van der Waals surface area contributed by atoms with E-state index in [0.29, 0.717) is 41.8 Å². The summed E-state index contributed by atoms with van der Waals surface area (Å²) in [7, 11) is 0. The molecular weight excluding hydrogens is 337 g/mol. The van der Waals surface area contributed by atoms with Crippen LogP contribution in [-0.4, -0.2) is 34.5 Å². The Labute approximate surface area is 146 Å². The number of rotatable bonds is 3. The molecule has 1 aliphatic heterocycles. The number of imidazole rings is 1. The summed E-state index contributed by atoms with van der Waals surface area (Å²) >= 11 is 0. The summed E-state index contributed by atoms with van der Waals surface area (Å²) in [5.41, 5.74) is 2.81. The summed E-state index contributed by atoms with van der Waals surface area (Å²) in [6.07, 6.45) is 5.29. The highest BCUT2D eigenvalue weighted by Crippen LogP contribution is 2.33. The predicted octanol–water partition coefficient (Wildman–Crippen LogP) is 2.41. The van der Waals surface area contributed by atoms with Crippen molar-refractivity contribution in [3.05, 3.63) is 60.9 Å². The normalized spacial score (nSPS) is 12.2. The minimum absolute atomic E-state index is 0.339. The molecular formula is C17H12FN7O. The van der Waals surface area contributed by atoms with Gasteiger partial charge in [0.1, 0.15) is 24.2 Å². The molecule has 1 aliphatic rings. The van der Waals surface area contributed by atoms with E-state index in [-0.39, 0.29) is 5.82 Å². The standard InChI is InChI=1S/C17H12FN7O/c1-2-3-14-22-16(23-26-14)15-13-7-25-17(19-8-21-25)11-6-10(18)4-5-12(11)24(13)9-20-15/h2,4-6,8-9H,1,3,7H2. The fraction of sp³-hybridized carbons (Fsp3) is 0.118. The SMILES string of the molecule is C=CCc1nc(-c2ncn3c2Cn2ncnc2-c2cc(F)ccc2-3)no1. The molecule has 0 amide bonds. The van der Waals surface area contributed by atoms with Crippen LogP contribution < -0.4 is 0 Å². The first-order valence-electron chi connectivity index (χ1n) is 7.93. The van der Waals surface area contributed by atoms with E-state index in [2.05, 4.69) is 31.8 Å². The van der Waals surface area contributed by atoms with Gasteiger partial charge in [-0.3, -0.25) is 4.57 Å². The molecule has 128 valence electrons. The average molecular weight is 349 g/mol. The van der Waals surface area contributed by atoms with Gasteiger partial charge in [-0.15, -0.1) is 6.58 Å². The highest BCUT2D eigenvalue weighted by Gasteiger charge is 2.26. The summed E-state index contributed by atoms with van der Waals surface area (Å²) in [6.45, 7) is 4.06. The fourth-order valence-corrected chi connectivity index (χ4v) is 3.10. The molecule has 4 aromatic rings. The molecule has 1 aromatic carbocycles. The number of allylic oxidation sites excluding steroid dienone is 1. The lowest BCUT2D eigenvalue weighted by Gasteiger charge is -2.08. The molecule has 0 unspecified atom stereocenters. The van der Waals surface area contributed by atoms with Gasteiger partial charge in [0.05, 0.1) is 17.9 Å². The van der Waals surface area contributed by atoms with Gasteiger partial charge >= 0.3 is 0 Å². The Morgan fingerprint density at radius 3 is 3.12 bits per heavy atom. The van der Waals surface area contributed by atoms with Gasteiger partial charge in [-0.25, -0.2) is 19.0 Å². The highest BCUT2D eigenvalue weighted by atomic mass is 19.1. The largest absolute Gasteiger partial charge is 0.339 e. The molecule has 0 saturated carbocycles. The molecule has 26 heavy (non-hydrogen) atoms. The number of benzene rings is 1. The number of nitrogens with zero attached hydrogens (tertiary/aromatic N) is 7. The summed E-state index contributed by atoms with van der Waals surface area (Å²) in [6, 6.07) is 4.55. The van der Waals surface area contributed by atoms with Crippen molar-refractivity contribution in [1.29, 1.82) is 0 Å². The Bertz CT molecular complexity index is 1140. The fourth-order valence-electron chi connectivity index (χ4n) is 3.10. The van der Waals surface area contributed by atoms with E-state index < -0.39 is 0 Å². The molecule has 4 heterocycles. The van der Waals surface area contributed by atoms with Crippen LogP contribution in [0.1, 0.15) is 11.6 Å². The van der Waals surface area contributed by atoms with Crippen molar-refractivity contribution < 1.29 is 8.91 Å². The van der Waals surface area contributed by atoms with E-state index in [0.717, 1.165) is 11.4 Å².